The van der Waals surface area contributed by atoms with E-state index in [2.05, 4.69) is 58.9 Å². The van der Waals surface area contributed by atoms with Crippen molar-refractivity contribution in [3.63, 3.8) is 0 Å². The summed E-state index contributed by atoms with van der Waals surface area (Å²) in [4.78, 5) is 4.27. The first-order valence-electron chi connectivity index (χ1n) is 8.34. The second kappa shape index (κ2) is 9.60. The summed E-state index contributed by atoms with van der Waals surface area (Å²) in [7, 11) is 3.50. The Bertz CT molecular complexity index is 667. The third kappa shape index (κ3) is 5.95. The Balaban J connectivity index is 1.71. The minimum absolute atomic E-state index is 0.775. The predicted octanol–water partition coefficient (Wildman–Crippen LogP) is 3.30. The quantitative estimate of drug-likeness (QED) is 0.466. The van der Waals surface area contributed by atoms with Gasteiger partial charge in [0.15, 0.2) is 5.96 Å². The molecule has 0 spiro atoms. The van der Waals surface area contributed by atoms with Crippen LogP contribution in [0.3, 0.4) is 0 Å². The Morgan fingerprint density at radius 1 is 1.04 bits per heavy atom. The zero-order valence-corrected chi connectivity index (χ0v) is 14.8. The fourth-order valence-corrected chi connectivity index (χ4v) is 2.56. The molecule has 0 amide bonds. The first-order chi connectivity index (χ1) is 11.7. The van der Waals surface area contributed by atoms with Gasteiger partial charge in [0, 0.05) is 20.1 Å². The van der Waals surface area contributed by atoms with Crippen molar-refractivity contribution in [1.29, 1.82) is 0 Å². The van der Waals surface area contributed by atoms with Gasteiger partial charge in [0.05, 0.1) is 7.11 Å². The average molecular weight is 325 g/mol. The number of aliphatic imine (C=N–C) groups is 1. The third-order valence-corrected chi connectivity index (χ3v) is 3.83. The van der Waals surface area contributed by atoms with E-state index in [1.54, 1.807) is 14.2 Å². The molecule has 0 saturated heterocycles. The Kier molecular flexibility index (Phi) is 7.15. The van der Waals surface area contributed by atoms with Gasteiger partial charge >= 0.3 is 0 Å². The van der Waals surface area contributed by atoms with Crippen LogP contribution in [-0.2, 0) is 13.0 Å². The lowest BCUT2D eigenvalue weighted by Crippen LogP contribution is -2.37. The normalized spacial score (nSPS) is 11.2. The molecule has 2 aromatic rings. The number of ether oxygens (including phenoxy) is 1. The van der Waals surface area contributed by atoms with Crippen LogP contribution < -0.4 is 15.4 Å². The summed E-state index contributed by atoms with van der Waals surface area (Å²) < 4.78 is 5.25. The van der Waals surface area contributed by atoms with E-state index in [1.165, 1.54) is 16.7 Å². The van der Waals surface area contributed by atoms with Crippen molar-refractivity contribution in [2.45, 2.75) is 26.3 Å². The molecule has 0 aliphatic heterocycles. The van der Waals surface area contributed by atoms with Gasteiger partial charge in [0.25, 0.3) is 0 Å². The van der Waals surface area contributed by atoms with Crippen molar-refractivity contribution < 1.29 is 4.74 Å². The molecule has 2 N–H and O–H groups in total. The zero-order chi connectivity index (χ0) is 17.2. The molecule has 0 heterocycles. The number of rotatable bonds is 7. The maximum atomic E-state index is 5.25. The zero-order valence-electron chi connectivity index (χ0n) is 14.8. The molecule has 0 saturated carbocycles. The topological polar surface area (TPSA) is 45.7 Å². The van der Waals surface area contributed by atoms with Crippen LogP contribution in [-0.4, -0.2) is 26.7 Å². The molecule has 0 unspecified atom stereocenters. The van der Waals surface area contributed by atoms with Crippen molar-refractivity contribution in [2.24, 2.45) is 4.99 Å². The average Bonchev–Trinajstić information content (AvgIpc) is 2.61. The molecular formula is C20H27N3O. The highest BCUT2D eigenvalue weighted by Crippen LogP contribution is 2.13. The summed E-state index contributed by atoms with van der Waals surface area (Å²) in [5.74, 6) is 1.75. The van der Waals surface area contributed by atoms with Crippen molar-refractivity contribution in [2.75, 3.05) is 20.7 Å². The Morgan fingerprint density at radius 3 is 2.58 bits per heavy atom. The molecule has 0 aliphatic rings. The van der Waals surface area contributed by atoms with Crippen LogP contribution in [0.2, 0.25) is 0 Å². The highest BCUT2D eigenvalue weighted by atomic mass is 16.5. The lowest BCUT2D eigenvalue weighted by Gasteiger charge is -2.12. The second-order valence-corrected chi connectivity index (χ2v) is 5.80. The van der Waals surface area contributed by atoms with Gasteiger partial charge in [-0.05, 0) is 43.0 Å². The molecule has 4 nitrogen and oxygen atoms in total. The number of hydrogen-bond acceptors (Lipinski definition) is 2. The SMILES string of the molecule is CN=C(NCCCc1cccc(OC)c1)NCc1cccc(C)c1. The predicted molar refractivity (Wildman–Crippen MR) is 101 cm³/mol. The Labute approximate surface area is 145 Å². The van der Waals surface area contributed by atoms with E-state index in [4.69, 9.17) is 4.74 Å². The van der Waals surface area contributed by atoms with Gasteiger partial charge < -0.3 is 15.4 Å². The minimum atomic E-state index is 0.775. The standard InChI is InChI=1S/C20H27N3O/c1-16-7-4-9-18(13-16)15-23-20(21-2)22-12-6-10-17-8-5-11-19(14-17)24-3/h4-5,7-9,11,13-14H,6,10,12,15H2,1-3H3,(H2,21,22,23). The monoisotopic (exact) mass is 325 g/mol. The summed E-state index contributed by atoms with van der Waals surface area (Å²) in [6, 6.07) is 16.7. The maximum absolute atomic E-state index is 5.25. The smallest absolute Gasteiger partial charge is 0.191 e. The van der Waals surface area contributed by atoms with Crippen LogP contribution in [0.1, 0.15) is 23.1 Å². The summed E-state index contributed by atoms with van der Waals surface area (Å²) >= 11 is 0. The van der Waals surface area contributed by atoms with Gasteiger partial charge in [-0.3, -0.25) is 4.99 Å². The summed E-state index contributed by atoms with van der Waals surface area (Å²) in [5.41, 5.74) is 3.82. The number of methoxy groups -OCH3 is 1. The lowest BCUT2D eigenvalue weighted by atomic mass is 10.1. The van der Waals surface area contributed by atoms with Crippen LogP contribution in [0.4, 0.5) is 0 Å². The van der Waals surface area contributed by atoms with Gasteiger partial charge in [0.1, 0.15) is 5.75 Å². The van der Waals surface area contributed by atoms with Crippen LogP contribution in [0, 0.1) is 6.92 Å². The van der Waals surface area contributed by atoms with Crippen LogP contribution in [0.5, 0.6) is 5.75 Å². The molecule has 0 aliphatic carbocycles. The van der Waals surface area contributed by atoms with Gasteiger partial charge in [-0.1, -0.05) is 42.0 Å². The van der Waals surface area contributed by atoms with E-state index in [1.807, 2.05) is 12.1 Å². The van der Waals surface area contributed by atoms with Gasteiger partial charge in [0.2, 0.25) is 0 Å². The van der Waals surface area contributed by atoms with Crippen LogP contribution in [0.25, 0.3) is 0 Å². The number of benzene rings is 2. The molecule has 0 atom stereocenters. The molecule has 0 radical (unpaired) electrons. The molecule has 128 valence electrons. The highest BCUT2D eigenvalue weighted by molar-refractivity contribution is 5.79. The van der Waals surface area contributed by atoms with Crippen LogP contribution in [0.15, 0.2) is 53.5 Å². The van der Waals surface area contributed by atoms with E-state index in [-0.39, 0.29) is 0 Å². The number of hydrogen-bond donors (Lipinski definition) is 2. The minimum Gasteiger partial charge on any atom is -0.497 e. The van der Waals surface area contributed by atoms with Gasteiger partial charge in [-0.15, -0.1) is 0 Å². The summed E-state index contributed by atoms with van der Waals surface area (Å²) in [6.07, 6.45) is 2.05. The summed E-state index contributed by atoms with van der Waals surface area (Å²) in [6.45, 7) is 3.76. The second-order valence-electron chi connectivity index (χ2n) is 5.80. The Morgan fingerprint density at radius 2 is 1.83 bits per heavy atom. The highest BCUT2D eigenvalue weighted by Gasteiger charge is 2.00. The maximum Gasteiger partial charge on any atom is 0.191 e. The van der Waals surface area contributed by atoms with E-state index in [9.17, 15) is 0 Å². The van der Waals surface area contributed by atoms with Gasteiger partial charge in [-0.25, -0.2) is 0 Å². The number of guanidine groups is 1. The van der Waals surface area contributed by atoms with Crippen LogP contribution >= 0.6 is 0 Å². The molecule has 2 rings (SSSR count). The van der Waals surface area contributed by atoms with E-state index < -0.39 is 0 Å². The molecule has 24 heavy (non-hydrogen) atoms. The van der Waals surface area contributed by atoms with Crippen molar-refractivity contribution in [1.82, 2.24) is 10.6 Å². The molecular weight excluding hydrogens is 298 g/mol. The largest absolute Gasteiger partial charge is 0.497 e. The molecule has 2 aromatic carbocycles. The Hall–Kier alpha value is -2.49. The fourth-order valence-electron chi connectivity index (χ4n) is 2.56. The molecule has 4 heteroatoms. The van der Waals surface area contributed by atoms with Crippen molar-refractivity contribution in [3.05, 3.63) is 65.2 Å². The molecule has 0 bridgehead atoms. The number of aryl methyl sites for hydroxylation is 2. The van der Waals surface area contributed by atoms with E-state index in [0.29, 0.717) is 0 Å². The lowest BCUT2D eigenvalue weighted by molar-refractivity contribution is 0.414. The van der Waals surface area contributed by atoms with E-state index >= 15 is 0 Å². The van der Waals surface area contributed by atoms with Crippen molar-refractivity contribution >= 4 is 5.96 Å². The number of nitrogens with zero attached hydrogens (tertiary/aromatic N) is 1. The third-order valence-electron chi connectivity index (χ3n) is 3.83. The molecule has 0 aromatic heterocycles. The van der Waals surface area contributed by atoms with Gasteiger partial charge in [-0.2, -0.15) is 0 Å². The first-order valence-corrected chi connectivity index (χ1v) is 8.34. The summed E-state index contributed by atoms with van der Waals surface area (Å²) in [5, 5.41) is 6.71. The molecule has 0 fully saturated rings. The number of nitrogens with one attached hydrogen (secondary N) is 2. The first kappa shape index (κ1) is 17.9. The van der Waals surface area contributed by atoms with Crippen molar-refractivity contribution in [3.8, 4) is 5.75 Å². The van der Waals surface area contributed by atoms with E-state index in [0.717, 1.165) is 37.6 Å². The fraction of sp³-hybridized carbons (Fsp3) is 0.350.